The molecule has 0 radical (unpaired) electrons. The van der Waals surface area contributed by atoms with Gasteiger partial charge in [-0.05, 0) is 20.3 Å². The molecule has 1 heterocycles. The van der Waals surface area contributed by atoms with Gasteiger partial charge in [0.1, 0.15) is 11.6 Å². The Labute approximate surface area is 118 Å². The molecule has 0 amide bonds. The molecule has 106 valence electrons. The number of hydrogen-bond donors (Lipinski definition) is 3. The van der Waals surface area contributed by atoms with Crippen molar-refractivity contribution in [2.75, 3.05) is 17.7 Å². The molecular weight excluding hydrogens is 252 g/mol. The third-order valence-corrected chi connectivity index (χ3v) is 2.98. The number of aliphatic hydroxyl groups excluding tert-OH is 1. The number of rotatable bonds is 5. The van der Waals surface area contributed by atoms with Crippen LogP contribution in [0.2, 0.25) is 0 Å². The van der Waals surface area contributed by atoms with Gasteiger partial charge in [-0.15, -0.1) is 0 Å². The molecule has 4 N–H and O–H groups in total. The lowest BCUT2D eigenvalue weighted by Crippen LogP contribution is -2.32. The summed E-state index contributed by atoms with van der Waals surface area (Å²) in [4.78, 5) is 8.74. The average Bonchev–Trinajstić information content (AvgIpc) is 2.38. The van der Waals surface area contributed by atoms with Gasteiger partial charge in [0.25, 0.3) is 0 Å². The first-order valence-electron chi connectivity index (χ1n) is 6.59. The fourth-order valence-electron chi connectivity index (χ4n) is 1.94. The first kappa shape index (κ1) is 14.3. The average molecular weight is 272 g/mol. The highest BCUT2D eigenvalue weighted by Gasteiger charge is 2.18. The summed E-state index contributed by atoms with van der Waals surface area (Å²) in [7, 11) is 0. The smallest absolute Gasteiger partial charge is 0.163 e. The number of hydrogen-bond acceptors (Lipinski definition) is 5. The number of nitrogens with two attached hydrogens (primary N) is 1. The molecule has 0 unspecified atom stereocenters. The summed E-state index contributed by atoms with van der Waals surface area (Å²) in [6, 6.07) is 11.4. The third-order valence-electron chi connectivity index (χ3n) is 2.98. The van der Waals surface area contributed by atoms with E-state index in [-0.39, 0.29) is 12.1 Å². The number of nitrogen functional groups attached to an aromatic ring is 1. The van der Waals surface area contributed by atoms with Gasteiger partial charge in [0.2, 0.25) is 0 Å². The molecule has 5 heteroatoms. The Kier molecular flexibility index (Phi) is 4.20. The second-order valence-corrected chi connectivity index (χ2v) is 5.35. The first-order valence-corrected chi connectivity index (χ1v) is 6.59. The Balaban J connectivity index is 2.30. The van der Waals surface area contributed by atoms with Crippen molar-refractivity contribution in [3.63, 3.8) is 0 Å². The summed E-state index contributed by atoms with van der Waals surface area (Å²) in [5, 5.41) is 12.3. The zero-order valence-corrected chi connectivity index (χ0v) is 11.8. The highest BCUT2D eigenvalue weighted by molar-refractivity contribution is 5.60. The minimum absolute atomic E-state index is 0.117. The topological polar surface area (TPSA) is 84.1 Å². The van der Waals surface area contributed by atoms with Crippen LogP contribution in [0, 0.1) is 0 Å². The van der Waals surface area contributed by atoms with Crippen molar-refractivity contribution in [2.24, 2.45) is 0 Å². The van der Waals surface area contributed by atoms with Gasteiger partial charge in [-0.2, -0.15) is 0 Å². The van der Waals surface area contributed by atoms with Crippen molar-refractivity contribution in [1.29, 1.82) is 0 Å². The van der Waals surface area contributed by atoms with Gasteiger partial charge in [0.15, 0.2) is 5.82 Å². The number of aromatic nitrogens is 2. The number of aliphatic hydroxyl groups is 1. The molecule has 0 fully saturated rings. The normalized spacial score (nSPS) is 11.3. The Morgan fingerprint density at radius 1 is 1.20 bits per heavy atom. The minimum Gasteiger partial charge on any atom is -0.396 e. The molecule has 0 saturated heterocycles. The van der Waals surface area contributed by atoms with Gasteiger partial charge in [0.05, 0.1) is 0 Å². The van der Waals surface area contributed by atoms with Crippen LogP contribution in [0.3, 0.4) is 0 Å². The van der Waals surface area contributed by atoms with Gasteiger partial charge in [-0.1, -0.05) is 30.3 Å². The SMILES string of the molecule is CC(C)(CCO)Nc1cc(N)nc(-c2ccccc2)n1. The highest BCUT2D eigenvalue weighted by atomic mass is 16.3. The van der Waals surface area contributed by atoms with E-state index in [1.54, 1.807) is 6.07 Å². The van der Waals surface area contributed by atoms with E-state index in [9.17, 15) is 0 Å². The first-order chi connectivity index (χ1) is 9.50. The van der Waals surface area contributed by atoms with Crippen LogP contribution in [0.15, 0.2) is 36.4 Å². The van der Waals surface area contributed by atoms with Crippen molar-refractivity contribution in [1.82, 2.24) is 9.97 Å². The minimum atomic E-state index is -0.260. The molecule has 0 saturated carbocycles. The Morgan fingerprint density at radius 3 is 2.55 bits per heavy atom. The maximum atomic E-state index is 9.07. The predicted molar refractivity (Wildman–Crippen MR) is 81.3 cm³/mol. The largest absolute Gasteiger partial charge is 0.396 e. The van der Waals surface area contributed by atoms with E-state index in [1.807, 2.05) is 44.2 Å². The monoisotopic (exact) mass is 272 g/mol. The van der Waals surface area contributed by atoms with Crippen LogP contribution in [-0.2, 0) is 0 Å². The fraction of sp³-hybridized carbons (Fsp3) is 0.333. The molecule has 0 atom stereocenters. The van der Waals surface area contributed by atoms with Crippen molar-refractivity contribution in [3.05, 3.63) is 36.4 Å². The lowest BCUT2D eigenvalue weighted by molar-refractivity contribution is 0.260. The van der Waals surface area contributed by atoms with Crippen LogP contribution in [0.1, 0.15) is 20.3 Å². The summed E-state index contributed by atoms with van der Waals surface area (Å²) >= 11 is 0. The molecule has 0 aliphatic rings. The molecule has 0 bridgehead atoms. The second kappa shape index (κ2) is 5.88. The van der Waals surface area contributed by atoms with Gasteiger partial charge in [0, 0.05) is 23.8 Å². The van der Waals surface area contributed by atoms with E-state index < -0.39 is 0 Å². The molecular formula is C15H20N4O. The predicted octanol–water partition coefficient (Wildman–Crippen LogP) is 2.30. The molecule has 0 spiro atoms. The Morgan fingerprint density at radius 2 is 1.90 bits per heavy atom. The molecule has 2 aromatic rings. The zero-order valence-electron chi connectivity index (χ0n) is 11.8. The Bertz CT molecular complexity index is 569. The van der Waals surface area contributed by atoms with Crippen LogP contribution in [0.4, 0.5) is 11.6 Å². The molecule has 1 aromatic heterocycles. The standard InChI is InChI=1S/C15H20N4O/c1-15(2,8-9-20)19-13-10-12(16)17-14(18-13)11-6-4-3-5-7-11/h3-7,10,20H,8-9H2,1-2H3,(H3,16,17,18,19). The summed E-state index contributed by atoms with van der Waals surface area (Å²) in [5.41, 5.74) is 6.51. The fourth-order valence-corrected chi connectivity index (χ4v) is 1.94. The van der Waals surface area contributed by atoms with Crippen LogP contribution >= 0.6 is 0 Å². The number of benzene rings is 1. The van der Waals surface area contributed by atoms with Crippen LogP contribution in [0.25, 0.3) is 11.4 Å². The summed E-state index contributed by atoms with van der Waals surface area (Å²) in [5.74, 6) is 1.67. The lowest BCUT2D eigenvalue weighted by Gasteiger charge is -2.26. The van der Waals surface area contributed by atoms with Gasteiger partial charge in [-0.25, -0.2) is 9.97 Å². The van der Waals surface area contributed by atoms with E-state index in [1.165, 1.54) is 0 Å². The van der Waals surface area contributed by atoms with Crippen molar-refractivity contribution >= 4 is 11.6 Å². The van der Waals surface area contributed by atoms with E-state index >= 15 is 0 Å². The van der Waals surface area contributed by atoms with Crippen LogP contribution in [0.5, 0.6) is 0 Å². The zero-order chi connectivity index (χ0) is 14.6. The third kappa shape index (κ3) is 3.68. The maximum Gasteiger partial charge on any atom is 0.163 e. The molecule has 20 heavy (non-hydrogen) atoms. The van der Waals surface area contributed by atoms with Gasteiger partial charge < -0.3 is 16.2 Å². The van der Waals surface area contributed by atoms with E-state index in [0.29, 0.717) is 23.9 Å². The van der Waals surface area contributed by atoms with Crippen molar-refractivity contribution < 1.29 is 5.11 Å². The molecule has 2 rings (SSSR count). The highest BCUT2D eigenvalue weighted by Crippen LogP contribution is 2.22. The number of anilines is 2. The van der Waals surface area contributed by atoms with Crippen molar-refractivity contribution in [2.45, 2.75) is 25.8 Å². The second-order valence-electron chi connectivity index (χ2n) is 5.35. The van der Waals surface area contributed by atoms with Gasteiger partial charge in [-0.3, -0.25) is 0 Å². The van der Waals surface area contributed by atoms with E-state index in [4.69, 9.17) is 10.8 Å². The molecule has 0 aliphatic heterocycles. The Hall–Kier alpha value is -2.14. The summed E-state index contributed by atoms with van der Waals surface area (Å²) < 4.78 is 0. The van der Waals surface area contributed by atoms with E-state index in [2.05, 4.69) is 15.3 Å². The van der Waals surface area contributed by atoms with E-state index in [0.717, 1.165) is 5.56 Å². The van der Waals surface area contributed by atoms with Crippen LogP contribution < -0.4 is 11.1 Å². The van der Waals surface area contributed by atoms with Crippen molar-refractivity contribution in [3.8, 4) is 11.4 Å². The van der Waals surface area contributed by atoms with Crippen LogP contribution in [-0.4, -0.2) is 27.2 Å². The van der Waals surface area contributed by atoms with Gasteiger partial charge >= 0.3 is 0 Å². The maximum absolute atomic E-state index is 9.07. The number of nitrogens with zero attached hydrogens (tertiary/aromatic N) is 2. The molecule has 1 aromatic carbocycles. The summed E-state index contributed by atoms with van der Waals surface area (Å²) in [6.45, 7) is 4.12. The summed E-state index contributed by atoms with van der Waals surface area (Å²) in [6.07, 6.45) is 0.623. The molecule has 5 nitrogen and oxygen atoms in total. The quantitative estimate of drug-likeness (QED) is 0.777. The molecule has 0 aliphatic carbocycles. The number of nitrogens with one attached hydrogen (secondary N) is 1. The lowest BCUT2D eigenvalue weighted by atomic mass is 10.0.